The van der Waals surface area contributed by atoms with Crippen LogP contribution in [-0.2, 0) is 18.9 Å². The zero-order valence-corrected chi connectivity index (χ0v) is 14.8. The molecule has 0 aliphatic heterocycles. The summed E-state index contributed by atoms with van der Waals surface area (Å²) in [6.45, 7) is 2.15. The van der Waals surface area contributed by atoms with E-state index >= 15 is 0 Å². The molecule has 1 saturated carbocycles. The van der Waals surface area contributed by atoms with Crippen molar-refractivity contribution in [2.45, 2.75) is 31.6 Å². The SMILES string of the molecule is CCc1cc(C2(C#N)CC2)ccc1N(C)c1cc2c(cn1)ncn2C. The first-order chi connectivity index (χ1) is 12.1. The van der Waals surface area contributed by atoms with Crippen molar-refractivity contribution < 1.29 is 0 Å². The minimum atomic E-state index is -0.243. The average molecular weight is 331 g/mol. The van der Waals surface area contributed by atoms with E-state index in [-0.39, 0.29) is 5.41 Å². The maximum Gasteiger partial charge on any atom is 0.134 e. The molecule has 0 N–H and O–H groups in total. The van der Waals surface area contributed by atoms with Crippen LogP contribution in [0.2, 0.25) is 0 Å². The van der Waals surface area contributed by atoms with Gasteiger partial charge in [-0.05, 0) is 36.5 Å². The lowest BCUT2D eigenvalue weighted by molar-refractivity contribution is 0.900. The molecule has 1 aromatic carbocycles. The fraction of sp³-hybridized carbons (Fsp3) is 0.350. The van der Waals surface area contributed by atoms with Crippen LogP contribution in [0.4, 0.5) is 11.5 Å². The third kappa shape index (κ3) is 2.45. The van der Waals surface area contributed by atoms with E-state index in [0.29, 0.717) is 0 Å². The number of aryl methyl sites for hydroxylation is 2. The van der Waals surface area contributed by atoms with Gasteiger partial charge in [0.1, 0.15) is 11.3 Å². The van der Waals surface area contributed by atoms with Crippen LogP contribution < -0.4 is 4.90 Å². The number of hydrogen-bond donors (Lipinski definition) is 0. The molecule has 0 unspecified atom stereocenters. The molecule has 126 valence electrons. The van der Waals surface area contributed by atoms with Gasteiger partial charge in [-0.3, -0.25) is 0 Å². The molecule has 1 aliphatic rings. The highest BCUT2D eigenvalue weighted by Crippen LogP contribution is 2.48. The van der Waals surface area contributed by atoms with Gasteiger partial charge in [0.2, 0.25) is 0 Å². The van der Waals surface area contributed by atoms with Crippen molar-refractivity contribution in [3.8, 4) is 6.07 Å². The first-order valence-electron chi connectivity index (χ1n) is 8.63. The van der Waals surface area contributed by atoms with Crippen molar-refractivity contribution in [3.05, 3.63) is 47.9 Å². The van der Waals surface area contributed by atoms with E-state index in [1.54, 1.807) is 6.33 Å². The number of aromatic nitrogens is 3. The molecule has 0 radical (unpaired) electrons. The molecule has 2 heterocycles. The van der Waals surface area contributed by atoms with Gasteiger partial charge >= 0.3 is 0 Å². The minimum Gasteiger partial charge on any atom is -0.334 e. The Hall–Kier alpha value is -2.87. The number of benzene rings is 1. The number of nitrogens with zero attached hydrogens (tertiary/aromatic N) is 5. The lowest BCUT2D eigenvalue weighted by Crippen LogP contribution is -2.14. The highest BCUT2D eigenvalue weighted by atomic mass is 15.2. The van der Waals surface area contributed by atoms with Crippen molar-refractivity contribution in [1.29, 1.82) is 5.26 Å². The number of anilines is 2. The Bertz CT molecular complexity index is 991. The number of imidazole rings is 1. The van der Waals surface area contributed by atoms with Gasteiger partial charge in [-0.15, -0.1) is 0 Å². The molecule has 0 amide bonds. The highest BCUT2D eigenvalue weighted by Gasteiger charge is 2.45. The normalized spacial score (nSPS) is 15.1. The number of fused-ring (bicyclic) bond motifs is 1. The summed E-state index contributed by atoms with van der Waals surface area (Å²) in [5.74, 6) is 0.889. The molecule has 2 aromatic heterocycles. The topological polar surface area (TPSA) is 57.7 Å². The van der Waals surface area contributed by atoms with Gasteiger partial charge in [0, 0.05) is 25.8 Å². The zero-order chi connectivity index (χ0) is 17.6. The van der Waals surface area contributed by atoms with Crippen LogP contribution in [-0.4, -0.2) is 21.6 Å². The molecule has 3 aromatic rings. The number of nitriles is 1. The van der Waals surface area contributed by atoms with Gasteiger partial charge in [-0.1, -0.05) is 19.1 Å². The Labute approximate surface area is 147 Å². The quantitative estimate of drug-likeness (QED) is 0.728. The fourth-order valence-corrected chi connectivity index (χ4v) is 3.41. The lowest BCUT2D eigenvalue weighted by atomic mass is 9.94. The van der Waals surface area contributed by atoms with Crippen molar-refractivity contribution >= 4 is 22.5 Å². The largest absolute Gasteiger partial charge is 0.334 e. The second-order valence-corrected chi connectivity index (χ2v) is 6.84. The number of rotatable bonds is 4. The summed E-state index contributed by atoms with van der Waals surface area (Å²) in [6.07, 6.45) is 6.49. The van der Waals surface area contributed by atoms with Gasteiger partial charge in [-0.2, -0.15) is 5.26 Å². The van der Waals surface area contributed by atoms with E-state index in [0.717, 1.165) is 47.4 Å². The molecule has 0 bridgehead atoms. The molecule has 5 nitrogen and oxygen atoms in total. The Morgan fingerprint density at radius 3 is 2.76 bits per heavy atom. The molecule has 0 saturated heterocycles. The summed E-state index contributed by atoms with van der Waals surface area (Å²) < 4.78 is 2.00. The van der Waals surface area contributed by atoms with Gasteiger partial charge in [0.05, 0.1) is 29.5 Å². The summed E-state index contributed by atoms with van der Waals surface area (Å²) in [4.78, 5) is 11.0. The van der Waals surface area contributed by atoms with Crippen molar-refractivity contribution in [3.63, 3.8) is 0 Å². The smallest absolute Gasteiger partial charge is 0.134 e. The van der Waals surface area contributed by atoms with Gasteiger partial charge in [-0.25, -0.2) is 9.97 Å². The van der Waals surface area contributed by atoms with Crippen LogP contribution in [0.25, 0.3) is 11.0 Å². The average Bonchev–Trinajstić information content (AvgIpc) is 3.38. The second-order valence-electron chi connectivity index (χ2n) is 6.84. The summed E-state index contributed by atoms with van der Waals surface area (Å²) >= 11 is 0. The predicted octanol–water partition coefficient (Wildman–Crippen LogP) is 3.85. The van der Waals surface area contributed by atoms with E-state index in [9.17, 15) is 5.26 Å². The summed E-state index contributed by atoms with van der Waals surface area (Å²) in [7, 11) is 4.03. The van der Waals surface area contributed by atoms with Gasteiger partial charge in [0.25, 0.3) is 0 Å². The maximum absolute atomic E-state index is 9.46. The highest BCUT2D eigenvalue weighted by molar-refractivity contribution is 5.79. The standard InChI is InChI=1S/C20H21N5/c1-4-14-9-15(20(12-21)7-8-20)5-6-17(14)25(3)19-10-18-16(11-22-19)23-13-24(18)2/h5-6,9-11,13H,4,7-8H2,1-3H3. The van der Waals surface area contributed by atoms with Gasteiger partial charge < -0.3 is 9.47 Å². The molecule has 25 heavy (non-hydrogen) atoms. The zero-order valence-electron chi connectivity index (χ0n) is 14.8. The van der Waals surface area contributed by atoms with E-state index in [1.165, 1.54) is 5.56 Å². The molecule has 1 aliphatic carbocycles. The monoisotopic (exact) mass is 331 g/mol. The Morgan fingerprint density at radius 2 is 2.08 bits per heavy atom. The van der Waals surface area contributed by atoms with Crippen LogP contribution in [0.3, 0.4) is 0 Å². The fourth-order valence-electron chi connectivity index (χ4n) is 3.41. The van der Waals surface area contributed by atoms with Crippen LogP contribution >= 0.6 is 0 Å². The Morgan fingerprint density at radius 1 is 1.28 bits per heavy atom. The minimum absolute atomic E-state index is 0.243. The molecular weight excluding hydrogens is 310 g/mol. The van der Waals surface area contributed by atoms with Crippen LogP contribution in [0, 0.1) is 11.3 Å². The van der Waals surface area contributed by atoms with Crippen LogP contribution in [0.5, 0.6) is 0 Å². The van der Waals surface area contributed by atoms with Crippen molar-refractivity contribution in [2.75, 3.05) is 11.9 Å². The third-order valence-electron chi connectivity index (χ3n) is 5.28. The number of pyridine rings is 1. The van der Waals surface area contributed by atoms with Gasteiger partial charge in [0.15, 0.2) is 0 Å². The first-order valence-corrected chi connectivity index (χ1v) is 8.63. The second kappa shape index (κ2) is 5.59. The van der Waals surface area contributed by atoms with Crippen LogP contribution in [0.1, 0.15) is 30.9 Å². The molecule has 0 atom stereocenters. The van der Waals surface area contributed by atoms with E-state index in [2.05, 4.69) is 52.1 Å². The summed E-state index contributed by atoms with van der Waals surface area (Å²) in [5.41, 5.74) is 5.25. The Balaban J connectivity index is 1.74. The molecule has 0 spiro atoms. The summed E-state index contributed by atoms with van der Waals surface area (Å²) in [6, 6.07) is 11.0. The molecule has 5 heteroatoms. The van der Waals surface area contributed by atoms with E-state index in [4.69, 9.17) is 0 Å². The lowest BCUT2D eigenvalue weighted by Gasteiger charge is -2.23. The predicted molar refractivity (Wildman–Crippen MR) is 98.9 cm³/mol. The molecule has 1 fully saturated rings. The van der Waals surface area contributed by atoms with E-state index in [1.807, 2.05) is 24.9 Å². The maximum atomic E-state index is 9.46. The first kappa shape index (κ1) is 15.6. The van der Waals surface area contributed by atoms with Crippen molar-refractivity contribution in [2.24, 2.45) is 7.05 Å². The molecule has 4 rings (SSSR count). The van der Waals surface area contributed by atoms with E-state index < -0.39 is 0 Å². The van der Waals surface area contributed by atoms with Crippen LogP contribution in [0.15, 0.2) is 36.8 Å². The van der Waals surface area contributed by atoms with Crippen molar-refractivity contribution in [1.82, 2.24) is 14.5 Å². The molecular formula is C20H21N5. The summed E-state index contributed by atoms with van der Waals surface area (Å²) in [5, 5.41) is 9.46. The Kier molecular flexibility index (Phi) is 3.50. The third-order valence-corrected chi connectivity index (χ3v) is 5.28. The number of hydrogen-bond acceptors (Lipinski definition) is 4.